The largest absolute Gasteiger partial charge is 0.507 e. The molecule has 156 valence electrons. The van der Waals surface area contributed by atoms with Crippen LogP contribution in [0, 0.1) is 5.92 Å². The number of rotatable bonds is 3. The molecule has 1 aliphatic heterocycles. The molecule has 3 aliphatic carbocycles. The first kappa shape index (κ1) is 19.1. The number of fused-ring (bicyclic) bond motifs is 1. The van der Waals surface area contributed by atoms with Crippen LogP contribution in [-0.4, -0.2) is 63.6 Å². The van der Waals surface area contributed by atoms with Gasteiger partial charge in [-0.1, -0.05) is 18.6 Å². The zero-order valence-electron chi connectivity index (χ0n) is 17.0. The Morgan fingerprint density at radius 2 is 2.10 bits per heavy atom. The van der Waals surface area contributed by atoms with E-state index in [2.05, 4.69) is 7.05 Å². The van der Waals surface area contributed by atoms with E-state index in [0.717, 1.165) is 23.1 Å². The maximum absolute atomic E-state index is 12.2. The predicted molar refractivity (Wildman–Crippen MR) is 108 cm³/mol. The van der Waals surface area contributed by atoms with Crippen LogP contribution < -0.4 is 5.73 Å². The SMILES string of the molecule is C[N+]1(CC2CCC2)CC[C@]23C[C@@H](O)C=C[C@@]2(O)[C@H]1Cc1ccc(C(N)=O)c(O)c13. The fourth-order valence-corrected chi connectivity index (χ4v) is 6.85. The second kappa shape index (κ2) is 6.06. The van der Waals surface area contributed by atoms with Gasteiger partial charge in [-0.15, -0.1) is 0 Å². The maximum atomic E-state index is 12.2. The fourth-order valence-electron chi connectivity index (χ4n) is 6.85. The summed E-state index contributed by atoms with van der Waals surface area (Å²) in [6.45, 7) is 1.93. The highest BCUT2D eigenvalue weighted by Crippen LogP contribution is 2.60. The Morgan fingerprint density at radius 3 is 2.76 bits per heavy atom. The lowest BCUT2D eigenvalue weighted by Crippen LogP contribution is -2.78. The van der Waals surface area contributed by atoms with Crippen LogP contribution in [0.2, 0.25) is 0 Å². The standard InChI is InChI=1S/C23H30N2O4/c1-25(13-14-3-2-4-14)10-9-22-12-16(26)7-8-23(22,29)18(25)11-15-5-6-17(21(24)28)20(27)19(15)22/h5-8,14,16,18,26,29H,2-4,9-13H2,1H3,(H2-,24,27,28)/p+1/t16-,18+,22+,23+,25?/m0/s1. The van der Waals surface area contributed by atoms with Gasteiger partial charge in [0.1, 0.15) is 17.4 Å². The topological polar surface area (TPSA) is 104 Å². The first-order chi connectivity index (χ1) is 13.7. The molecule has 0 spiro atoms. The van der Waals surface area contributed by atoms with Crippen molar-refractivity contribution < 1.29 is 24.6 Å². The van der Waals surface area contributed by atoms with E-state index in [9.17, 15) is 20.1 Å². The van der Waals surface area contributed by atoms with Gasteiger partial charge < -0.3 is 25.5 Å². The van der Waals surface area contributed by atoms with Gasteiger partial charge in [0.15, 0.2) is 0 Å². The van der Waals surface area contributed by atoms with Crippen molar-refractivity contribution in [2.24, 2.45) is 11.7 Å². The molecular formula is C23H31N2O4+. The lowest BCUT2D eigenvalue weighted by Gasteiger charge is -2.65. The molecule has 4 aliphatic rings. The number of primary amides is 1. The molecule has 6 heteroatoms. The predicted octanol–water partition coefficient (Wildman–Crippen LogP) is 1.36. The Balaban J connectivity index is 1.71. The Kier molecular flexibility index (Phi) is 3.99. The number of nitrogens with two attached hydrogens (primary N) is 1. The minimum Gasteiger partial charge on any atom is -0.507 e. The molecule has 2 fully saturated rings. The normalized spacial score (nSPS) is 40.7. The smallest absolute Gasteiger partial charge is 0.252 e. The minimum atomic E-state index is -1.18. The number of amides is 1. The first-order valence-corrected chi connectivity index (χ1v) is 10.8. The van der Waals surface area contributed by atoms with Crippen molar-refractivity contribution in [3.05, 3.63) is 41.0 Å². The van der Waals surface area contributed by atoms with Gasteiger partial charge in [-0.2, -0.15) is 0 Å². The molecule has 0 radical (unpaired) electrons. The summed E-state index contributed by atoms with van der Waals surface area (Å²) in [7, 11) is 2.26. The van der Waals surface area contributed by atoms with Gasteiger partial charge >= 0.3 is 0 Å². The van der Waals surface area contributed by atoms with Crippen LogP contribution in [0.4, 0.5) is 0 Å². The molecule has 5 rings (SSSR count). The zero-order chi connectivity index (χ0) is 20.6. The van der Waals surface area contributed by atoms with E-state index in [-0.39, 0.29) is 17.4 Å². The number of carbonyl (C=O) groups is 1. The molecule has 29 heavy (non-hydrogen) atoms. The van der Waals surface area contributed by atoms with Crippen LogP contribution in [-0.2, 0) is 11.8 Å². The summed E-state index contributed by atoms with van der Waals surface area (Å²) in [6, 6.07) is 3.43. The van der Waals surface area contributed by atoms with Gasteiger partial charge in [0.25, 0.3) is 5.91 Å². The van der Waals surface area contributed by atoms with Crippen molar-refractivity contribution in [1.82, 2.24) is 0 Å². The van der Waals surface area contributed by atoms with E-state index in [1.54, 1.807) is 18.2 Å². The van der Waals surface area contributed by atoms with Crippen LogP contribution in [0.1, 0.15) is 53.6 Å². The maximum Gasteiger partial charge on any atom is 0.252 e. The average Bonchev–Trinajstić information content (AvgIpc) is 2.62. The lowest BCUT2D eigenvalue weighted by molar-refractivity contribution is -0.951. The number of aliphatic hydroxyl groups excluding tert-OH is 1. The van der Waals surface area contributed by atoms with Gasteiger partial charge in [0.2, 0.25) is 0 Å². The molecule has 1 unspecified atom stereocenters. The summed E-state index contributed by atoms with van der Waals surface area (Å²) in [5.74, 6) is -0.0913. The molecule has 1 aromatic rings. The molecule has 5 N–H and O–H groups in total. The summed E-state index contributed by atoms with van der Waals surface area (Å²) >= 11 is 0. The molecular weight excluding hydrogens is 368 g/mol. The summed E-state index contributed by atoms with van der Waals surface area (Å²) in [6.07, 6.45) is 8.21. The second-order valence-electron chi connectivity index (χ2n) is 10.1. The number of aliphatic hydroxyl groups is 2. The van der Waals surface area contributed by atoms with Crippen molar-refractivity contribution in [2.45, 2.75) is 61.7 Å². The van der Waals surface area contributed by atoms with Crippen molar-refractivity contribution >= 4 is 5.91 Å². The Labute approximate surface area is 171 Å². The summed E-state index contributed by atoms with van der Waals surface area (Å²) in [5, 5.41) is 33.7. The van der Waals surface area contributed by atoms with Crippen molar-refractivity contribution in [3.8, 4) is 5.75 Å². The Hall–Kier alpha value is -1.89. The average molecular weight is 400 g/mol. The van der Waals surface area contributed by atoms with E-state index in [0.29, 0.717) is 30.7 Å². The third kappa shape index (κ3) is 2.43. The molecule has 1 aromatic carbocycles. The van der Waals surface area contributed by atoms with Gasteiger partial charge in [0, 0.05) is 29.7 Å². The third-order valence-corrected chi connectivity index (χ3v) is 8.53. The van der Waals surface area contributed by atoms with Gasteiger partial charge in [-0.25, -0.2) is 0 Å². The number of likely N-dealkylation sites (N-methyl/N-ethyl adjacent to an activating group) is 1. The summed E-state index contributed by atoms with van der Waals surface area (Å²) < 4.78 is 0.807. The van der Waals surface area contributed by atoms with E-state index >= 15 is 0 Å². The van der Waals surface area contributed by atoms with Crippen LogP contribution in [0.3, 0.4) is 0 Å². The number of phenols is 1. The summed E-state index contributed by atoms with van der Waals surface area (Å²) in [5.41, 5.74) is 5.16. The number of quaternary nitrogens is 1. The van der Waals surface area contributed by atoms with Crippen molar-refractivity contribution in [2.75, 3.05) is 20.1 Å². The monoisotopic (exact) mass is 399 g/mol. The number of carbonyl (C=O) groups excluding carboxylic acids is 1. The molecule has 2 bridgehead atoms. The number of nitrogens with zero attached hydrogens (tertiary/aromatic N) is 1. The third-order valence-electron chi connectivity index (χ3n) is 8.53. The van der Waals surface area contributed by atoms with Gasteiger partial charge in [-0.05, 0) is 37.0 Å². The van der Waals surface area contributed by atoms with E-state index in [1.165, 1.54) is 19.3 Å². The van der Waals surface area contributed by atoms with Crippen molar-refractivity contribution in [3.63, 3.8) is 0 Å². The molecule has 1 heterocycles. The van der Waals surface area contributed by atoms with Gasteiger partial charge in [0.05, 0.1) is 31.8 Å². The van der Waals surface area contributed by atoms with Crippen LogP contribution >= 0.6 is 0 Å². The number of piperidine rings is 1. The zero-order valence-corrected chi connectivity index (χ0v) is 17.0. The molecule has 1 amide bonds. The van der Waals surface area contributed by atoms with Crippen LogP contribution in [0.25, 0.3) is 0 Å². The summed E-state index contributed by atoms with van der Waals surface area (Å²) in [4.78, 5) is 11.9. The quantitative estimate of drug-likeness (QED) is 0.455. The Morgan fingerprint density at radius 1 is 1.34 bits per heavy atom. The molecule has 6 nitrogen and oxygen atoms in total. The number of hydrogen-bond acceptors (Lipinski definition) is 4. The number of likely N-dealkylation sites (tertiary alicyclic amines) is 1. The lowest BCUT2D eigenvalue weighted by atomic mass is 9.50. The molecule has 5 atom stereocenters. The van der Waals surface area contributed by atoms with Crippen LogP contribution in [0.15, 0.2) is 24.3 Å². The number of hydrogen-bond donors (Lipinski definition) is 4. The molecule has 1 saturated carbocycles. The highest BCUT2D eigenvalue weighted by Gasteiger charge is 2.69. The molecule has 0 aromatic heterocycles. The highest BCUT2D eigenvalue weighted by molar-refractivity contribution is 5.96. The van der Waals surface area contributed by atoms with E-state index < -0.39 is 23.0 Å². The van der Waals surface area contributed by atoms with E-state index in [4.69, 9.17) is 5.73 Å². The number of aromatic hydroxyl groups is 1. The first-order valence-electron chi connectivity index (χ1n) is 10.8. The van der Waals surface area contributed by atoms with Gasteiger partial charge in [-0.3, -0.25) is 4.79 Å². The Bertz CT molecular complexity index is 910. The van der Waals surface area contributed by atoms with Crippen LogP contribution in [0.5, 0.6) is 5.75 Å². The minimum absolute atomic E-state index is 0.0491. The van der Waals surface area contributed by atoms with Crippen molar-refractivity contribution in [1.29, 1.82) is 0 Å². The number of benzene rings is 1. The fraction of sp³-hybridized carbons (Fsp3) is 0.609. The van der Waals surface area contributed by atoms with E-state index in [1.807, 2.05) is 6.07 Å². The molecule has 1 saturated heterocycles. The second-order valence-corrected chi connectivity index (χ2v) is 10.1. The highest BCUT2D eigenvalue weighted by atomic mass is 16.3.